The van der Waals surface area contributed by atoms with Crippen LogP contribution in [0.1, 0.15) is 58.8 Å². The molecule has 12 heavy (non-hydrogen) atoms. The molecule has 1 rings (SSSR count). The molecule has 1 saturated carbocycles. The summed E-state index contributed by atoms with van der Waals surface area (Å²) < 4.78 is 0.366. The van der Waals surface area contributed by atoms with Gasteiger partial charge in [-0.05, 0) is 25.2 Å². The zero-order valence-corrected chi connectivity index (χ0v) is 9.37. The third-order valence-electron chi connectivity index (χ3n) is 3.35. The van der Waals surface area contributed by atoms with Crippen LogP contribution in [0.15, 0.2) is 0 Å². The SMILES string of the molecule is CCCC1(S)CCCCCC1C. The highest BCUT2D eigenvalue weighted by molar-refractivity contribution is 7.81. The molecule has 1 heteroatoms. The predicted molar refractivity (Wildman–Crippen MR) is 58.9 cm³/mol. The van der Waals surface area contributed by atoms with Crippen LogP contribution in [-0.2, 0) is 0 Å². The van der Waals surface area contributed by atoms with Crippen LogP contribution < -0.4 is 0 Å². The molecule has 0 aliphatic heterocycles. The van der Waals surface area contributed by atoms with Crippen LogP contribution in [0.5, 0.6) is 0 Å². The molecule has 0 aromatic heterocycles. The van der Waals surface area contributed by atoms with Gasteiger partial charge in [0, 0.05) is 4.75 Å². The smallest absolute Gasteiger partial charge is 0.0155 e. The third-order valence-corrected chi connectivity index (χ3v) is 4.24. The van der Waals surface area contributed by atoms with Crippen LogP contribution in [0.3, 0.4) is 0 Å². The van der Waals surface area contributed by atoms with Gasteiger partial charge in [-0.3, -0.25) is 0 Å². The maximum Gasteiger partial charge on any atom is 0.0155 e. The molecule has 0 amide bonds. The summed E-state index contributed by atoms with van der Waals surface area (Å²) in [6.45, 7) is 4.66. The fraction of sp³-hybridized carbons (Fsp3) is 1.00. The van der Waals surface area contributed by atoms with Gasteiger partial charge >= 0.3 is 0 Å². The topological polar surface area (TPSA) is 0 Å². The second-order valence-electron chi connectivity index (χ2n) is 4.35. The lowest BCUT2D eigenvalue weighted by Gasteiger charge is -2.33. The van der Waals surface area contributed by atoms with E-state index in [0.29, 0.717) is 4.75 Å². The molecule has 0 heterocycles. The normalized spacial score (nSPS) is 37.8. The molecule has 0 spiro atoms. The minimum Gasteiger partial charge on any atom is -0.172 e. The van der Waals surface area contributed by atoms with Crippen molar-refractivity contribution in [2.75, 3.05) is 0 Å². The van der Waals surface area contributed by atoms with Crippen LogP contribution in [0.2, 0.25) is 0 Å². The molecular weight excluding hydrogens is 164 g/mol. The van der Waals surface area contributed by atoms with E-state index in [1.54, 1.807) is 0 Å². The van der Waals surface area contributed by atoms with Crippen LogP contribution >= 0.6 is 12.6 Å². The number of hydrogen-bond donors (Lipinski definition) is 1. The Morgan fingerprint density at radius 1 is 1.33 bits per heavy atom. The van der Waals surface area contributed by atoms with Crippen LogP contribution in [0, 0.1) is 5.92 Å². The molecule has 1 aliphatic rings. The van der Waals surface area contributed by atoms with Gasteiger partial charge in [0.25, 0.3) is 0 Å². The summed E-state index contributed by atoms with van der Waals surface area (Å²) in [5, 5.41) is 0. The molecule has 0 radical (unpaired) electrons. The quantitative estimate of drug-likeness (QED) is 0.488. The second-order valence-corrected chi connectivity index (χ2v) is 5.24. The Bertz CT molecular complexity index is 133. The fourth-order valence-electron chi connectivity index (χ4n) is 2.38. The maximum atomic E-state index is 4.89. The summed E-state index contributed by atoms with van der Waals surface area (Å²) in [6, 6.07) is 0. The number of hydrogen-bond acceptors (Lipinski definition) is 1. The molecule has 0 aromatic carbocycles. The zero-order valence-electron chi connectivity index (χ0n) is 8.47. The van der Waals surface area contributed by atoms with Crippen molar-refractivity contribution in [1.82, 2.24) is 0 Å². The first-order chi connectivity index (χ1) is 5.69. The summed E-state index contributed by atoms with van der Waals surface area (Å²) >= 11 is 4.89. The van der Waals surface area contributed by atoms with Gasteiger partial charge in [0.1, 0.15) is 0 Å². The van der Waals surface area contributed by atoms with Crippen LogP contribution in [0.4, 0.5) is 0 Å². The largest absolute Gasteiger partial charge is 0.172 e. The van der Waals surface area contributed by atoms with E-state index in [1.165, 1.54) is 44.9 Å². The maximum absolute atomic E-state index is 4.89. The lowest BCUT2D eigenvalue weighted by molar-refractivity contribution is 0.361. The monoisotopic (exact) mass is 186 g/mol. The van der Waals surface area contributed by atoms with Crippen molar-refractivity contribution in [2.24, 2.45) is 5.92 Å². The third kappa shape index (κ3) is 2.42. The Morgan fingerprint density at radius 2 is 2.08 bits per heavy atom. The van der Waals surface area contributed by atoms with E-state index >= 15 is 0 Å². The first-order valence-corrected chi connectivity index (χ1v) is 5.86. The highest BCUT2D eigenvalue weighted by Gasteiger charge is 2.31. The number of rotatable bonds is 2. The van der Waals surface area contributed by atoms with Gasteiger partial charge in [0.15, 0.2) is 0 Å². The van der Waals surface area contributed by atoms with Gasteiger partial charge in [-0.25, -0.2) is 0 Å². The van der Waals surface area contributed by atoms with Crippen molar-refractivity contribution in [3.63, 3.8) is 0 Å². The Balaban J connectivity index is 2.55. The summed E-state index contributed by atoms with van der Waals surface area (Å²) in [5.74, 6) is 0.822. The van der Waals surface area contributed by atoms with Crippen molar-refractivity contribution >= 4 is 12.6 Å². The Morgan fingerprint density at radius 3 is 2.75 bits per heavy atom. The molecule has 2 unspecified atom stereocenters. The van der Waals surface area contributed by atoms with Crippen LogP contribution in [-0.4, -0.2) is 4.75 Å². The lowest BCUT2D eigenvalue weighted by atomic mass is 9.85. The minimum absolute atomic E-state index is 0.366. The Hall–Kier alpha value is 0.350. The average Bonchev–Trinajstić information content (AvgIpc) is 2.17. The van der Waals surface area contributed by atoms with Crippen LogP contribution in [0.25, 0.3) is 0 Å². The van der Waals surface area contributed by atoms with Gasteiger partial charge in [-0.15, -0.1) is 0 Å². The van der Waals surface area contributed by atoms with E-state index in [-0.39, 0.29) is 0 Å². The van der Waals surface area contributed by atoms with Gasteiger partial charge < -0.3 is 0 Å². The molecule has 0 bridgehead atoms. The highest BCUT2D eigenvalue weighted by atomic mass is 32.1. The lowest BCUT2D eigenvalue weighted by Crippen LogP contribution is -2.28. The van der Waals surface area contributed by atoms with E-state index in [0.717, 1.165) is 5.92 Å². The van der Waals surface area contributed by atoms with Gasteiger partial charge in [-0.2, -0.15) is 12.6 Å². The van der Waals surface area contributed by atoms with E-state index in [9.17, 15) is 0 Å². The van der Waals surface area contributed by atoms with Crippen molar-refractivity contribution in [3.05, 3.63) is 0 Å². The molecule has 0 N–H and O–H groups in total. The number of thiol groups is 1. The second kappa shape index (κ2) is 4.55. The fourth-order valence-corrected chi connectivity index (χ4v) is 2.89. The zero-order chi connectivity index (χ0) is 9.03. The molecular formula is C11H22S. The van der Waals surface area contributed by atoms with Gasteiger partial charge in [0.2, 0.25) is 0 Å². The molecule has 1 aliphatic carbocycles. The molecule has 72 valence electrons. The molecule has 1 fully saturated rings. The summed E-state index contributed by atoms with van der Waals surface area (Å²) in [5.41, 5.74) is 0. The Labute approximate surface area is 82.5 Å². The molecule has 2 atom stereocenters. The van der Waals surface area contributed by atoms with Gasteiger partial charge in [-0.1, -0.05) is 39.5 Å². The Kier molecular flexibility index (Phi) is 3.95. The van der Waals surface area contributed by atoms with E-state index in [1.807, 2.05) is 0 Å². The van der Waals surface area contributed by atoms with Gasteiger partial charge in [0.05, 0.1) is 0 Å². The van der Waals surface area contributed by atoms with E-state index in [2.05, 4.69) is 13.8 Å². The van der Waals surface area contributed by atoms with Crippen molar-refractivity contribution in [3.8, 4) is 0 Å². The summed E-state index contributed by atoms with van der Waals surface area (Å²) in [6.07, 6.45) is 9.57. The average molecular weight is 186 g/mol. The highest BCUT2D eigenvalue weighted by Crippen LogP contribution is 2.40. The summed E-state index contributed by atoms with van der Waals surface area (Å²) in [7, 11) is 0. The van der Waals surface area contributed by atoms with E-state index in [4.69, 9.17) is 12.6 Å². The first kappa shape index (κ1) is 10.4. The molecule has 0 saturated heterocycles. The van der Waals surface area contributed by atoms with Crippen molar-refractivity contribution < 1.29 is 0 Å². The van der Waals surface area contributed by atoms with E-state index < -0.39 is 0 Å². The molecule has 0 nitrogen and oxygen atoms in total. The molecule has 0 aromatic rings. The summed E-state index contributed by atoms with van der Waals surface area (Å²) in [4.78, 5) is 0. The van der Waals surface area contributed by atoms with Crippen molar-refractivity contribution in [1.29, 1.82) is 0 Å². The minimum atomic E-state index is 0.366. The standard InChI is InChI=1S/C11H22S/c1-3-8-11(12)9-6-4-5-7-10(11)2/h10,12H,3-9H2,1-2H3. The van der Waals surface area contributed by atoms with Crippen molar-refractivity contribution in [2.45, 2.75) is 63.5 Å². The predicted octanol–water partition coefficient (Wildman–Crippen LogP) is 4.06. The first-order valence-electron chi connectivity index (χ1n) is 5.41.